The molecule has 7 heteroatoms. The molecule has 0 aromatic carbocycles. The van der Waals surface area contributed by atoms with Crippen molar-refractivity contribution in [3.8, 4) is 0 Å². The Balaban J connectivity index is 1.49. The summed E-state index contributed by atoms with van der Waals surface area (Å²) in [5.41, 5.74) is 1.13. The van der Waals surface area contributed by atoms with Crippen molar-refractivity contribution in [2.45, 2.75) is 66.1 Å². The van der Waals surface area contributed by atoms with Gasteiger partial charge in [0.15, 0.2) is 0 Å². The number of carbonyl (C=O) groups is 1. The lowest BCUT2D eigenvalue weighted by molar-refractivity contribution is -0.136. The summed E-state index contributed by atoms with van der Waals surface area (Å²) >= 11 is 0. The molecule has 3 rings (SSSR count). The monoisotopic (exact) mass is 416 g/mol. The van der Waals surface area contributed by atoms with Crippen LogP contribution in [0.15, 0.2) is 12.4 Å². The molecule has 2 fully saturated rings. The van der Waals surface area contributed by atoms with Gasteiger partial charge in [-0.2, -0.15) is 0 Å². The molecule has 1 aromatic heterocycles. The maximum Gasteiger partial charge on any atom is 0.225 e. The van der Waals surface area contributed by atoms with E-state index in [1.165, 1.54) is 19.4 Å². The van der Waals surface area contributed by atoms with E-state index in [0.29, 0.717) is 12.1 Å². The van der Waals surface area contributed by atoms with Crippen molar-refractivity contribution in [2.24, 2.45) is 11.8 Å². The van der Waals surface area contributed by atoms with E-state index in [1.807, 2.05) is 31.1 Å². The second kappa shape index (κ2) is 10.5. The Bertz CT molecular complexity index is 669. The van der Waals surface area contributed by atoms with Gasteiger partial charge in [-0.1, -0.05) is 27.2 Å². The zero-order valence-electron chi connectivity index (χ0n) is 19.5. The lowest BCUT2D eigenvalue weighted by atomic mass is 9.91. The molecule has 1 aromatic rings. The van der Waals surface area contributed by atoms with Crippen LogP contribution in [0.5, 0.6) is 0 Å². The molecule has 0 saturated carbocycles. The van der Waals surface area contributed by atoms with Crippen LogP contribution in [0.2, 0.25) is 0 Å². The summed E-state index contributed by atoms with van der Waals surface area (Å²) in [6.45, 7) is 17.3. The zero-order chi connectivity index (χ0) is 21.7. The summed E-state index contributed by atoms with van der Waals surface area (Å²) in [6.07, 6.45) is 6.30. The number of likely N-dealkylation sites (tertiary alicyclic amines) is 1. The molecule has 2 unspecified atom stereocenters. The topological polar surface area (TPSA) is 64.6 Å². The molecule has 0 spiro atoms. The number of aromatic nitrogens is 2. The predicted molar refractivity (Wildman–Crippen MR) is 121 cm³/mol. The summed E-state index contributed by atoms with van der Waals surface area (Å²) in [5.74, 6) is 1.81. The van der Waals surface area contributed by atoms with Gasteiger partial charge in [0.1, 0.15) is 0 Å². The first kappa shape index (κ1) is 22.9. The maximum absolute atomic E-state index is 12.1. The van der Waals surface area contributed by atoms with E-state index < -0.39 is 0 Å². The Morgan fingerprint density at radius 3 is 2.33 bits per heavy atom. The molecule has 30 heavy (non-hydrogen) atoms. The Kier molecular flexibility index (Phi) is 8.06. The smallest absolute Gasteiger partial charge is 0.225 e. The molecule has 0 aliphatic carbocycles. The molecule has 2 aliphatic heterocycles. The minimum absolute atomic E-state index is 0.0781. The molecule has 0 bridgehead atoms. The van der Waals surface area contributed by atoms with Crippen molar-refractivity contribution in [2.75, 3.05) is 44.6 Å². The third kappa shape index (κ3) is 6.14. The van der Waals surface area contributed by atoms with Crippen LogP contribution in [-0.2, 0) is 11.3 Å². The van der Waals surface area contributed by atoms with Gasteiger partial charge >= 0.3 is 0 Å². The van der Waals surface area contributed by atoms with Gasteiger partial charge in [0.05, 0.1) is 0 Å². The van der Waals surface area contributed by atoms with Crippen LogP contribution >= 0.6 is 0 Å². The predicted octanol–water partition coefficient (Wildman–Crippen LogP) is 2.70. The van der Waals surface area contributed by atoms with E-state index in [9.17, 15) is 4.79 Å². The minimum atomic E-state index is 0.0781. The average Bonchev–Trinajstić information content (AvgIpc) is 2.74. The molecule has 1 amide bonds. The summed E-state index contributed by atoms with van der Waals surface area (Å²) in [5, 5.41) is 3.57. The standard InChI is InChI=1S/C23H40N6O/c1-6-19-11-21(16-29(15-19)18(4)5)26-23-24-12-20(13-25-23)14-27-7-9-28(10-8-27)22(30)17(2)3/h12-13,17-19,21H,6-11,14-16H2,1-5H3,(H,24,25,26). The third-order valence-corrected chi connectivity index (χ3v) is 6.50. The molecule has 3 heterocycles. The Morgan fingerprint density at radius 1 is 1.10 bits per heavy atom. The number of piperazine rings is 1. The molecule has 1 N–H and O–H groups in total. The summed E-state index contributed by atoms with van der Waals surface area (Å²) < 4.78 is 0. The molecule has 2 atom stereocenters. The van der Waals surface area contributed by atoms with Gasteiger partial charge < -0.3 is 10.2 Å². The van der Waals surface area contributed by atoms with Crippen molar-refractivity contribution < 1.29 is 4.79 Å². The quantitative estimate of drug-likeness (QED) is 0.737. The summed E-state index contributed by atoms with van der Waals surface area (Å²) in [6, 6.07) is 0.978. The van der Waals surface area contributed by atoms with Crippen LogP contribution < -0.4 is 5.32 Å². The number of rotatable bonds is 7. The first-order chi connectivity index (χ1) is 14.4. The van der Waals surface area contributed by atoms with Crippen molar-refractivity contribution in [1.29, 1.82) is 0 Å². The molecule has 0 radical (unpaired) electrons. The number of hydrogen-bond acceptors (Lipinski definition) is 6. The molecule has 2 saturated heterocycles. The number of amides is 1. The van der Waals surface area contributed by atoms with E-state index >= 15 is 0 Å². The fourth-order valence-corrected chi connectivity index (χ4v) is 4.51. The van der Waals surface area contributed by atoms with Gasteiger partial charge in [-0.25, -0.2) is 9.97 Å². The average molecular weight is 417 g/mol. The van der Waals surface area contributed by atoms with Gasteiger partial charge in [0, 0.05) is 81.8 Å². The number of hydrogen-bond donors (Lipinski definition) is 1. The highest BCUT2D eigenvalue weighted by Crippen LogP contribution is 2.23. The van der Waals surface area contributed by atoms with Crippen molar-refractivity contribution in [3.63, 3.8) is 0 Å². The van der Waals surface area contributed by atoms with Gasteiger partial charge in [-0.3, -0.25) is 14.6 Å². The van der Waals surface area contributed by atoms with Gasteiger partial charge in [-0.15, -0.1) is 0 Å². The van der Waals surface area contributed by atoms with Crippen LogP contribution in [-0.4, -0.2) is 81.9 Å². The number of piperidine rings is 1. The SMILES string of the molecule is CCC1CC(Nc2ncc(CN3CCN(C(=O)C(C)C)CC3)cn2)CN(C(C)C)C1. The normalized spacial score (nSPS) is 23.9. The highest BCUT2D eigenvalue weighted by molar-refractivity contribution is 5.78. The molecule has 2 aliphatic rings. The van der Waals surface area contributed by atoms with Gasteiger partial charge in [0.2, 0.25) is 11.9 Å². The van der Waals surface area contributed by atoms with Crippen LogP contribution in [0.4, 0.5) is 5.95 Å². The Morgan fingerprint density at radius 2 is 1.77 bits per heavy atom. The summed E-state index contributed by atoms with van der Waals surface area (Å²) in [7, 11) is 0. The highest BCUT2D eigenvalue weighted by Gasteiger charge is 2.28. The third-order valence-electron chi connectivity index (χ3n) is 6.50. The van der Waals surface area contributed by atoms with E-state index in [4.69, 9.17) is 0 Å². The molecule has 7 nitrogen and oxygen atoms in total. The van der Waals surface area contributed by atoms with Crippen molar-refractivity contribution in [1.82, 2.24) is 24.7 Å². The Hall–Kier alpha value is -1.73. The lowest BCUT2D eigenvalue weighted by Crippen LogP contribution is -2.49. The minimum Gasteiger partial charge on any atom is -0.350 e. The fourth-order valence-electron chi connectivity index (χ4n) is 4.51. The lowest BCUT2D eigenvalue weighted by Gasteiger charge is -2.40. The van der Waals surface area contributed by atoms with Crippen LogP contribution in [0.1, 0.15) is 53.0 Å². The van der Waals surface area contributed by atoms with E-state index in [2.05, 4.69) is 45.9 Å². The van der Waals surface area contributed by atoms with Crippen molar-refractivity contribution in [3.05, 3.63) is 18.0 Å². The second-order valence-electron chi connectivity index (χ2n) is 9.57. The van der Waals surface area contributed by atoms with E-state index in [0.717, 1.165) is 56.7 Å². The zero-order valence-corrected chi connectivity index (χ0v) is 19.5. The number of anilines is 1. The van der Waals surface area contributed by atoms with Crippen LogP contribution in [0, 0.1) is 11.8 Å². The first-order valence-electron chi connectivity index (χ1n) is 11.7. The molecule has 168 valence electrons. The van der Waals surface area contributed by atoms with Crippen molar-refractivity contribution >= 4 is 11.9 Å². The Labute approximate surface area is 182 Å². The number of nitrogens with zero attached hydrogens (tertiary/aromatic N) is 5. The van der Waals surface area contributed by atoms with Gasteiger partial charge in [-0.05, 0) is 26.2 Å². The van der Waals surface area contributed by atoms with Crippen LogP contribution in [0.25, 0.3) is 0 Å². The number of carbonyl (C=O) groups excluding carboxylic acids is 1. The first-order valence-corrected chi connectivity index (χ1v) is 11.7. The van der Waals surface area contributed by atoms with Crippen LogP contribution in [0.3, 0.4) is 0 Å². The van der Waals surface area contributed by atoms with Gasteiger partial charge in [0.25, 0.3) is 0 Å². The largest absolute Gasteiger partial charge is 0.350 e. The van der Waals surface area contributed by atoms with E-state index in [1.54, 1.807) is 0 Å². The highest BCUT2D eigenvalue weighted by atomic mass is 16.2. The fraction of sp³-hybridized carbons (Fsp3) is 0.783. The molecular formula is C23H40N6O. The van der Waals surface area contributed by atoms with E-state index in [-0.39, 0.29) is 11.8 Å². The second-order valence-corrected chi connectivity index (χ2v) is 9.57. The maximum atomic E-state index is 12.1. The summed E-state index contributed by atoms with van der Waals surface area (Å²) in [4.78, 5) is 28.3. The molecular weight excluding hydrogens is 376 g/mol. The number of nitrogens with one attached hydrogen (secondary N) is 1.